The van der Waals surface area contributed by atoms with E-state index in [4.69, 9.17) is 4.74 Å². The number of nitrogens with one attached hydrogen (secondary N) is 1. The van der Waals surface area contributed by atoms with E-state index in [-0.39, 0.29) is 11.9 Å². The quantitative estimate of drug-likeness (QED) is 0.826. The molecule has 0 aromatic carbocycles. The number of hydrogen-bond donors (Lipinski definition) is 1. The van der Waals surface area contributed by atoms with Crippen molar-refractivity contribution in [3.8, 4) is 0 Å². The Morgan fingerprint density at radius 3 is 2.84 bits per heavy atom. The number of hydrogen-bond acceptors (Lipinski definition) is 3. The van der Waals surface area contributed by atoms with Crippen molar-refractivity contribution in [2.75, 3.05) is 32.8 Å². The van der Waals surface area contributed by atoms with Crippen LogP contribution in [0.25, 0.3) is 0 Å². The van der Waals surface area contributed by atoms with Crippen LogP contribution in [0.3, 0.4) is 0 Å². The molecule has 1 heterocycles. The van der Waals surface area contributed by atoms with Crippen LogP contribution in [0.1, 0.15) is 45.4 Å². The third-order valence-corrected chi connectivity index (χ3v) is 4.34. The van der Waals surface area contributed by atoms with Crippen molar-refractivity contribution in [2.45, 2.75) is 51.5 Å². The number of rotatable bonds is 5. The van der Waals surface area contributed by atoms with Gasteiger partial charge < -0.3 is 10.1 Å². The maximum Gasteiger partial charge on any atom is 0.239 e. The largest absolute Gasteiger partial charge is 0.378 e. The molecule has 1 amide bonds. The maximum absolute atomic E-state index is 12.3. The second-order valence-electron chi connectivity index (χ2n) is 5.88. The molecule has 0 bridgehead atoms. The van der Waals surface area contributed by atoms with Crippen LogP contribution in [0.2, 0.25) is 0 Å². The highest BCUT2D eigenvalue weighted by Gasteiger charge is 2.29. The zero-order valence-electron chi connectivity index (χ0n) is 12.2. The first kappa shape index (κ1) is 14.8. The summed E-state index contributed by atoms with van der Waals surface area (Å²) < 4.78 is 5.47. The van der Waals surface area contributed by atoms with Crippen LogP contribution in [0.4, 0.5) is 0 Å². The van der Waals surface area contributed by atoms with Crippen LogP contribution in [0.5, 0.6) is 0 Å². The van der Waals surface area contributed by atoms with E-state index >= 15 is 0 Å². The molecule has 1 N–H and O–H groups in total. The molecule has 1 aliphatic carbocycles. The Hall–Kier alpha value is -0.610. The molecule has 4 nitrogen and oxygen atoms in total. The summed E-state index contributed by atoms with van der Waals surface area (Å²) in [7, 11) is 0. The van der Waals surface area contributed by atoms with E-state index in [1.54, 1.807) is 0 Å². The van der Waals surface area contributed by atoms with Gasteiger partial charge in [0, 0.05) is 13.1 Å². The van der Waals surface area contributed by atoms with Crippen molar-refractivity contribution in [3.63, 3.8) is 0 Å². The van der Waals surface area contributed by atoms with Crippen molar-refractivity contribution >= 4 is 5.91 Å². The zero-order chi connectivity index (χ0) is 13.5. The van der Waals surface area contributed by atoms with E-state index in [0.29, 0.717) is 12.5 Å². The fraction of sp³-hybridized carbons (Fsp3) is 0.933. The lowest BCUT2D eigenvalue weighted by Crippen LogP contribution is -2.54. The molecule has 110 valence electrons. The second kappa shape index (κ2) is 7.85. The standard InChI is InChI=1S/C15H28N2O2/c1-2-8-17-9-10-19-12-14(17)15(18)16-11-13-6-4-3-5-7-13/h13-14H,2-12H2,1H3,(H,16,18)/t14-/m1/s1. The van der Waals surface area contributed by atoms with E-state index in [2.05, 4.69) is 17.1 Å². The Balaban J connectivity index is 1.76. The molecule has 0 aromatic rings. The predicted molar refractivity (Wildman–Crippen MR) is 76.1 cm³/mol. The van der Waals surface area contributed by atoms with Crippen LogP contribution in [0, 0.1) is 5.92 Å². The predicted octanol–water partition coefficient (Wildman–Crippen LogP) is 1.79. The van der Waals surface area contributed by atoms with Gasteiger partial charge in [-0.3, -0.25) is 9.69 Å². The average molecular weight is 268 g/mol. The topological polar surface area (TPSA) is 41.6 Å². The van der Waals surface area contributed by atoms with Gasteiger partial charge in [0.25, 0.3) is 0 Å². The fourth-order valence-electron chi connectivity index (χ4n) is 3.19. The van der Waals surface area contributed by atoms with Gasteiger partial charge in [0.1, 0.15) is 6.04 Å². The van der Waals surface area contributed by atoms with Crippen LogP contribution in [-0.2, 0) is 9.53 Å². The Bertz CT molecular complexity index is 275. The van der Waals surface area contributed by atoms with Crippen molar-refractivity contribution in [3.05, 3.63) is 0 Å². The third kappa shape index (κ3) is 4.46. The van der Waals surface area contributed by atoms with E-state index < -0.39 is 0 Å². The molecule has 1 atom stereocenters. The van der Waals surface area contributed by atoms with E-state index in [1.807, 2.05) is 0 Å². The van der Waals surface area contributed by atoms with E-state index in [9.17, 15) is 4.79 Å². The first-order valence-electron chi connectivity index (χ1n) is 7.90. The Morgan fingerprint density at radius 1 is 1.32 bits per heavy atom. The molecule has 2 fully saturated rings. The summed E-state index contributed by atoms with van der Waals surface area (Å²) in [6.07, 6.45) is 7.67. The summed E-state index contributed by atoms with van der Waals surface area (Å²) in [5.74, 6) is 0.862. The number of amides is 1. The van der Waals surface area contributed by atoms with Crippen LogP contribution in [-0.4, -0.2) is 49.7 Å². The van der Waals surface area contributed by atoms with Gasteiger partial charge in [-0.2, -0.15) is 0 Å². The molecule has 0 unspecified atom stereocenters. The summed E-state index contributed by atoms with van der Waals surface area (Å²) in [6.45, 7) is 6.20. The molecule has 1 aliphatic heterocycles. The molecule has 2 rings (SSSR count). The van der Waals surface area contributed by atoms with Gasteiger partial charge in [0.2, 0.25) is 5.91 Å². The lowest BCUT2D eigenvalue weighted by Gasteiger charge is -2.34. The highest BCUT2D eigenvalue weighted by Crippen LogP contribution is 2.22. The smallest absolute Gasteiger partial charge is 0.239 e. The van der Waals surface area contributed by atoms with Crippen molar-refractivity contribution in [1.29, 1.82) is 0 Å². The first-order chi connectivity index (χ1) is 9.31. The summed E-state index contributed by atoms with van der Waals surface area (Å²) >= 11 is 0. The van der Waals surface area contributed by atoms with Gasteiger partial charge in [0.15, 0.2) is 0 Å². The summed E-state index contributed by atoms with van der Waals surface area (Å²) in [6, 6.07) is -0.0720. The van der Waals surface area contributed by atoms with Crippen LogP contribution < -0.4 is 5.32 Å². The molecule has 19 heavy (non-hydrogen) atoms. The average Bonchev–Trinajstić information content (AvgIpc) is 2.47. The third-order valence-electron chi connectivity index (χ3n) is 4.34. The molecule has 1 saturated heterocycles. The molecule has 1 saturated carbocycles. The van der Waals surface area contributed by atoms with Gasteiger partial charge >= 0.3 is 0 Å². The maximum atomic E-state index is 12.3. The summed E-state index contributed by atoms with van der Waals surface area (Å²) in [5.41, 5.74) is 0. The number of morpholine rings is 1. The molecule has 0 radical (unpaired) electrons. The minimum absolute atomic E-state index is 0.0720. The van der Waals surface area contributed by atoms with Crippen molar-refractivity contribution in [2.24, 2.45) is 5.92 Å². The molecule has 4 heteroatoms. The highest BCUT2D eigenvalue weighted by molar-refractivity contribution is 5.82. The van der Waals surface area contributed by atoms with Crippen LogP contribution in [0.15, 0.2) is 0 Å². The normalized spacial score (nSPS) is 26.3. The highest BCUT2D eigenvalue weighted by atomic mass is 16.5. The van der Waals surface area contributed by atoms with Gasteiger partial charge in [0.05, 0.1) is 13.2 Å². The lowest BCUT2D eigenvalue weighted by atomic mass is 9.89. The zero-order valence-corrected chi connectivity index (χ0v) is 12.2. The number of ether oxygens (including phenoxy) is 1. The first-order valence-corrected chi connectivity index (χ1v) is 7.90. The number of nitrogens with zero attached hydrogens (tertiary/aromatic N) is 1. The SMILES string of the molecule is CCCN1CCOC[C@@H]1C(=O)NCC1CCCCC1. The number of carbonyl (C=O) groups is 1. The van der Waals surface area contributed by atoms with E-state index in [0.717, 1.165) is 32.7 Å². The Morgan fingerprint density at radius 2 is 2.11 bits per heavy atom. The van der Waals surface area contributed by atoms with Gasteiger partial charge in [-0.25, -0.2) is 0 Å². The van der Waals surface area contributed by atoms with Gasteiger partial charge in [-0.05, 0) is 31.7 Å². The van der Waals surface area contributed by atoms with Crippen molar-refractivity contribution in [1.82, 2.24) is 10.2 Å². The molecular weight excluding hydrogens is 240 g/mol. The van der Waals surface area contributed by atoms with E-state index in [1.165, 1.54) is 32.1 Å². The molecular formula is C15H28N2O2. The summed E-state index contributed by atoms with van der Waals surface area (Å²) in [5, 5.41) is 3.15. The fourth-order valence-corrected chi connectivity index (χ4v) is 3.19. The van der Waals surface area contributed by atoms with Gasteiger partial charge in [-0.15, -0.1) is 0 Å². The molecule has 0 aromatic heterocycles. The monoisotopic (exact) mass is 268 g/mol. The second-order valence-corrected chi connectivity index (χ2v) is 5.88. The molecule has 0 spiro atoms. The Labute approximate surface area is 116 Å². The van der Waals surface area contributed by atoms with Crippen LogP contribution >= 0.6 is 0 Å². The number of carbonyl (C=O) groups excluding carboxylic acids is 1. The van der Waals surface area contributed by atoms with Gasteiger partial charge in [-0.1, -0.05) is 26.2 Å². The minimum Gasteiger partial charge on any atom is -0.378 e. The lowest BCUT2D eigenvalue weighted by molar-refractivity contribution is -0.132. The minimum atomic E-state index is -0.0720. The van der Waals surface area contributed by atoms with Crippen molar-refractivity contribution < 1.29 is 9.53 Å². The Kier molecular flexibility index (Phi) is 6.11. The summed E-state index contributed by atoms with van der Waals surface area (Å²) in [4.78, 5) is 14.6. The molecule has 2 aliphatic rings.